The van der Waals surface area contributed by atoms with E-state index in [2.05, 4.69) is 11.4 Å². The summed E-state index contributed by atoms with van der Waals surface area (Å²) in [5.41, 5.74) is 5.70. The van der Waals surface area contributed by atoms with Gasteiger partial charge in [0.25, 0.3) is 5.91 Å². The van der Waals surface area contributed by atoms with E-state index in [-0.39, 0.29) is 12.0 Å². The van der Waals surface area contributed by atoms with Crippen molar-refractivity contribution in [1.82, 2.24) is 9.88 Å². The lowest BCUT2D eigenvalue weighted by atomic mass is 10.0. The maximum absolute atomic E-state index is 13.3. The van der Waals surface area contributed by atoms with Crippen molar-refractivity contribution in [3.8, 4) is 10.6 Å². The first kappa shape index (κ1) is 22.6. The van der Waals surface area contributed by atoms with Crippen molar-refractivity contribution >= 4 is 49.9 Å². The van der Waals surface area contributed by atoms with Gasteiger partial charge in [0.2, 0.25) is 0 Å². The molecular formula is C26H25N3O3S2. The highest BCUT2D eigenvalue weighted by Crippen LogP contribution is 2.46. The van der Waals surface area contributed by atoms with Crippen molar-refractivity contribution in [2.45, 2.75) is 33.7 Å². The Morgan fingerprint density at radius 2 is 1.97 bits per heavy atom. The van der Waals surface area contributed by atoms with Crippen LogP contribution in [-0.2, 0) is 17.7 Å². The molecule has 2 aromatic carbocycles. The summed E-state index contributed by atoms with van der Waals surface area (Å²) < 4.78 is 6.32. The lowest BCUT2D eigenvalue weighted by molar-refractivity contribution is 0.102. The maximum Gasteiger partial charge on any atom is 0.410 e. The number of hydrogen-bond donors (Lipinski definition) is 1. The zero-order valence-corrected chi connectivity index (χ0v) is 20.9. The zero-order chi connectivity index (χ0) is 23.8. The first-order chi connectivity index (χ1) is 16.4. The smallest absolute Gasteiger partial charge is 0.410 e. The third-order valence-corrected chi connectivity index (χ3v) is 8.14. The van der Waals surface area contributed by atoms with Gasteiger partial charge in [-0.15, -0.1) is 22.7 Å². The number of aryl methyl sites for hydroxylation is 2. The van der Waals surface area contributed by atoms with Crippen LogP contribution in [0.25, 0.3) is 20.8 Å². The molecule has 5 rings (SSSR count). The zero-order valence-electron chi connectivity index (χ0n) is 19.3. The molecular weight excluding hydrogens is 466 g/mol. The van der Waals surface area contributed by atoms with Crippen LogP contribution < -0.4 is 5.32 Å². The van der Waals surface area contributed by atoms with Crippen LogP contribution in [-0.4, -0.2) is 35.0 Å². The molecule has 2 aromatic heterocycles. The third-order valence-electron chi connectivity index (χ3n) is 5.96. The minimum Gasteiger partial charge on any atom is -0.450 e. The molecule has 0 aliphatic carbocycles. The average molecular weight is 492 g/mol. The second kappa shape index (κ2) is 9.19. The fourth-order valence-electron chi connectivity index (χ4n) is 4.22. The Hall–Kier alpha value is -3.23. The van der Waals surface area contributed by atoms with Crippen molar-refractivity contribution in [3.63, 3.8) is 0 Å². The summed E-state index contributed by atoms with van der Waals surface area (Å²) in [4.78, 5) is 33.3. The molecule has 0 atom stereocenters. The van der Waals surface area contributed by atoms with Gasteiger partial charge in [-0.1, -0.05) is 29.8 Å². The van der Waals surface area contributed by atoms with Gasteiger partial charge in [-0.3, -0.25) is 4.79 Å². The summed E-state index contributed by atoms with van der Waals surface area (Å²) in [5, 5.41) is 4.84. The minimum absolute atomic E-state index is 0.135. The SMILES string of the molecule is CCOC(=O)N1CCc2c(sc(NC(=O)c3cc(C)ccc3C)c2-c2nc3ccccc3s2)C1. The number of hydrogen-bond acceptors (Lipinski definition) is 6. The van der Waals surface area contributed by atoms with Crippen LogP contribution in [0.2, 0.25) is 0 Å². The number of amides is 2. The first-order valence-electron chi connectivity index (χ1n) is 11.3. The maximum atomic E-state index is 13.3. The van der Waals surface area contributed by atoms with Gasteiger partial charge in [-0.25, -0.2) is 9.78 Å². The van der Waals surface area contributed by atoms with E-state index < -0.39 is 0 Å². The molecule has 1 aliphatic heterocycles. The van der Waals surface area contributed by atoms with E-state index in [0.29, 0.717) is 31.7 Å². The highest BCUT2D eigenvalue weighted by atomic mass is 32.1. The van der Waals surface area contributed by atoms with Crippen molar-refractivity contribution < 1.29 is 14.3 Å². The van der Waals surface area contributed by atoms with Crippen molar-refractivity contribution in [1.29, 1.82) is 0 Å². The molecule has 34 heavy (non-hydrogen) atoms. The summed E-state index contributed by atoms with van der Waals surface area (Å²) in [7, 11) is 0. The number of anilines is 1. The quantitative estimate of drug-likeness (QED) is 0.358. The van der Waals surface area contributed by atoms with Crippen LogP contribution in [0.1, 0.15) is 38.8 Å². The molecule has 8 heteroatoms. The molecule has 1 N–H and O–H groups in total. The Labute approximate surface area is 206 Å². The summed E-state index contributed by atoms with van der Waals surface area (Å²) in [6, 6.07) is 13.9. The van der Waals surface area contributed by atoms with E-state index >= 15 is 0 Å². The number of aromatic nitrogens is 1. The number of nitrogens with one attached hydrogen (secondary N) is 1. The van der Waals surface area contributed by atoms with Gasteiger partial charge in [-0.05, 0) is 56.5 Å². The van der Waals surface area contributed by atoms with E-state index in [1.54, 1.807) is 16.2 Å². The van der Waals surface area contributed by atoms with Crippen LogP contribution in [0.3, 0.4) is 0 Å². The summed E-state index contributed by atoms with van der Waals surface area (Å²) in [6.45, 7) is 7.13. The van der Waals surface area contributed by atoms with Gasteiger partial charge in [-0.2, -0.15) is 0 Å². The number of thiazole rings is 1. The third kappa shape index (κ3) is 4.19. The summed E-state index contributed by atoms with van der Waals surface area (Å²) in [6.07, 6.45) is 0.388. The van der Waals surface area contributed by atoms with E-state index in [9.17, 15) is 9.59 Å². The van der Waals surface area contributed by atoms with Crippen molar-refractivity contribution in [3.05, 3.63) is 69.6 Å². The molecule has 1 aliphatic rings. The van der Waals surface area contributed by atoms with Gasteiger partial charge in [0.15, 0.2) is 0 Å². The van der Waals surface area contributed by atoms with Gasteiger partial charge in [0.05, 0.1) is 23.4 Å². The van der Waals surface area contributed by atoms with E-state index in [1.807, 2.05) is 57.2 Å². The first-order valence-corrected chi connectivity index (χ1v) is 12.9. The Kier molecular flexibility index (Phi) is 6.10. The van der Waals surface area contributed by atoms with Crippen LogP contribution >= 0.6 is 22.7 Å². The lowest BCUT2D eigenvalue weighted by Gasteiger charge is -2.26. The van der Waals surface area contributed by atoms with Gasteiger partial charge < -0.3 is 15.0 Å². The lowest BCUT2D eigenvalue weighted by Crippen LogP contribution is -2.35. The molecule has 2 amide bonds. The van der Waals surface area contributed by atoms with E-state index in [1.165, 1.54) is 11.3 Å². The number of para-hydroxylation sites is 1. The Balaban J connectivity index is 1.57. The number of thiophene rings is 1. The molecule has 0 fully saturated rings. The fraction of sp³-hybridized carbons (Fsp3) is 0.269. The molecule has 0 saturated carbocycles. The number of carbonyl (C=O) groups is 2. The monoisotopic (exact) mass is 491 g/mol. The van der Waals surface area contributed by atoms with Gasteiger partial charge in [0, 0.05) is 22.5 Å². The van der Waals surface area contributed by atoms with Crippen molar-refractivity contribution in [2.75, 3.05) is 18.5 Å². The normalized spacial score (nSPS) is 13.1. The van der Waals surface area contributed by atoms with E-state index in [4.69, 9.17) is 9.72 Å². The number of rotatable bonds is 4. The topological polar surface area (TPSA) is 71.5 Å². The molecule has 0 saturated heterocycles. The van der Waals surface area contributed by atoms with Gasteiger partial charge in [0.1, 0.15) is 10.0 Å². The molecule has 0 spiro atoms. The average Bonchev–Trinajstić information content (AvgIpc) is 3.40. The second-order valence-electron chi connectivity index (χ2n) is 8.34. The molecule has 0 bridgehead atoms. The van der Waals surface area contributed by atoms with Crippen LogP contribution in [0, 0.1) is 13.8 Å². The fourth-order valence-corrected chi connectivity index (χ4v) is 6.59. The molecule has 0 radical (unpaired) electrons. The number of carbonyl (C=O) groups excluding carboxylic acids is 2. The summed E-state index contributed by atoms with van der Waals surface area (Å²) >= 11 is 3.15. The molecule has 4 aromatic rings. The highest BCUT2D eigenvalue weighted by Gasteiger charge is 2.30. The summed E-state index contributed by atoms with van der Waals surface area (Å²) in [5.74, 6) is -0.135. The Bertz CT molecular complexity index is 1370. The predicted octanol–water partition coefficient (Wildman–Crippen LogP) is 6.41. The Morgan fingerprint density at radius 1 is 1.15 bits per heavy atom. The van der Waals surface area contributed by atoms with E-state index in [0.717, 1.165) is 47.4 Å². The number of nitrogens with zero attached hydrogens (tertiary/aromatic N) is 2. The molecule has 174 valence electrons. The largest absolute Gasteiger partial charge is 0.450 e. The molecule has 3 heterocycles. The molecule has 6 nitrogen and oxygen atoms in total. The van der Waals surface area contributed by atoms with Crippen LogP contribution in [0.4, 0.5) is 9.80 Å². The molecule has 0 unspecified atom stereocenters. The predicted molar refractivity (Wildman–Crippen MR) is 138 cm³/mol. The number of ether oxygens (including phenoxy) is 1. The highest BCUT2D eigenvalue weighted by molar-refractivity contribution is 7.23. The minimum atomic E-state index is -0.302. The Morgan fingerprint density at radius 3 is 2.76 bits per heavy atom. The van der Waals surface area contributed by atoms with Crippen molar-refractivity contribution in [2.24, 2.45) is 0 Å². The number of benzene rings is 2. The van der Waals surface area contributed by atoms with Crippen LogP contribution in [0.15, 0.2) is 42.5 Å². The van der Waals surface area contributed by atoms with Crippen LogP contribution in [0.5, 0.6) is 0 Å². The second-order valence-corrected chi connectivity index (χ2v) is 10.5. The van der Waals surface area contributed by atoms with Gasteiger partial charge >= 0.3 is 6.09 Å². The number of fused-ring (bicyclic) bond motifs is 2. The standard InChI is InChI=1S/C26H25N3O3S2/c1-4-32-26(31)29-12-11-17-21(14-29)34-25(28-23(30)18-13-15(2)9-10-16(18)3)22(17)24-27-19-7-5-6-8-20(19)33-24/h5-10,13H,4,11-12,14H2,1-3H3,(H,28,30).